The van der Waals surface area contributed by atoms with Gasteiger partial charge in [-0.25, -0.2) is 0 Å². The van der Waals surface area contributed by atoms with Crippen molar-refractivity contribution in [2.75, 3.05) is 13.1 Å². The summed E-state index contributed by atoms with van der Waals surface area (Å²) in [6.45, 7) is 21.6. The van der Waals surface area contributed by atoms with Gasteiger partial charge in [-0.2, -0.15) is 0 Å². The molecule has 2 heteroatoms. The Bertz CT molecular complexity index is 906. The maximum Gasteiger partial charge on any atom is 0.0712 e. The molecule has 0 bridgehead atoms. The molecular formula is C34H55NS. The fraction of sp³-hybridized carbons (Fsp3) is 0.706. The maximum absolute atomic E-state index is 2.66. The zero-order valence-electron chi connectivity index (χ0n) is 24.9. The molecule has 202 valence electrons. The van der Waals surface area contributed by atoms with Gasteiger partial charge >= 0.3 is 0 Å². The molecule has 1 aliphatic carbocycles. The highest BCUT2D eigenvalue weighted by Crippen LogP contribution is 2.47. The van der Waals surface area contributed by atoms with Crippen LogP contribution in [0.1, 0.15) is 136 Å². The van der Waals surface area contributed by atoms with Crippen LogP contribution in [-0.2, 0) is 10.8 Å². The average molecular weight is 510 g/mol. The third kappa shape index (κ3) is 7.46. The summed E-state index contributed by atoms with van der Waals surface area (Å²) < 4.78 is 0. The van der Waals surface area contributed by atoms with Crippen molar-refractivity contribution in [3.05, 3.63) is 51.4 Å². The van der Waals surface area contributed by atoms with Gasteiger partial charge in [-0.3, -0.25) is 0 Å². The number of nitrogens with zero attached hydrogens (tertiary/aromatic N) is 1. The van der Waals surface area contributed by atoms with Crippen molar-refractivity contribution in [1.82, 2.24) is 4.90 Å². The van der Waals surface area contributed by atoms with Crippen molar-refractivity contribution in [3.8, 4) is 0 Å². The maximum atomic E-state index is 2.66. The molecule has 1 heterocycles. The molecule has 2 atom stereocenters. The van der Waals surface area contributed by atoms with Crippen LogP contribution in [0.3, 0.4) is 0 Å². The highest BCUT2D eigenvalue weighted by molar-refractivity contribution is 8.05. The van der Waals surface area contributed by atoms with Crippen LogP contribution >= 0.6 is 11.8 Å². The van der Waals surface area contributed by atoms with E-state index in [0.717, 1.165) is 18.3 Å². The van der Waals surface area contributed by atoms with E-state index in [1.807, 2.05) is 11.8 Å². The van der Waals surface area contributed by atoms with E-state index < -0.39 is 0 Å². The first kappa shape index (κ1) is 29.4. The summed E-state index contributed by atoms with van der Waals surface area (Å²) in [5.74, 6) is 1.75. The largest absolute Gasteiger partial charge is 0.366 e. The summed E-state index contributed by atoms with van der Waals surface area (Å²) in [6.07, 6.45) is 15.5. The zero-order chi connectivity index (χ0) is 26.3. The molecule has 0 aromatic heterocycles. The van der Waals surface area contributed by atoms with Crippen LogP contribution in [-0.4, -0.2) is 18.0 Å². The Balaban J connectivity index is 1.61. The normalized spacial score (nSPS) is 20.2. The first-order chi connectivity index (χ1) is 17.1. The Morgan fingerprint density at radius 3 is 2.19 bits per heavy atom. The van der Waals surface area contributed by atoms with Crippen molar-refractivity contribution >= 4 is 17.3 Å². The Morgan fingerprint density at radius 2 is 1.58 bits per heavy atom. The van der Waals surface area contributed by atoms with E-state index in [1.54, 1.807) is 11.1 Å². The third-order valence-electron chi connectivity index (χ3n) is 9.08. The quantitative estimate of drug-likeness (QED) is 0.260. The summed E-state index contributed by atoms with van der Waals surface area (Å²) in [5.41, 5.74) is 6.60. The van der Waals surface area contributed by atoms with E-state index >= 15 is 0 Å². The lowest BCUT2D eigenvalue weighted by atomic mass is 9.63. The van der Waals surface area contributed by atoms with Gasteiger partial charge in [-0.05, 0) is 88.5 Å². The molecule has 0 fully saturated rings. The second-order valence-electron chi connectivity index (χ2n) is 13.1. The van der Waals surface area contributed by atoms with E-state index in [2.05, 4.69) is 90.0 Å². The van der Waals surface area contributed by atoms with E-state index in [9.17, 15) is 0 Å². The van der Waals surface area contributed by atoms with Crippen LogP contribution in [0.15, 0.2) is 34.7 Å². The number of hydrogen-bond donors (Lipinski definition) is 0. The van der Waals surface area contributed by atoms with Gasteiger partial charge in [-0.1, -0.05) is 117 Å². The molecule has 1 aromatic rings. The van der Waals surface area contributed by atoms with Crippen LogP contribution in [0.25, 0.3) is 5.57 Å². The van der Waals surface area contributed by atoms with E-state index in [0.29, 0.717) is 0 Å². The number of allylic oxidation sites excluding steroid dienone is 2. The average Bonchev–Trinajstić information content (AvgIpc) is 2.87. The molecule has 2 aliphatic rings. The molecule has 0 saturated heterocycles. The van der Waals surface area contributed by atoms with Crippen LogP contribution < -0.4 is 0 Å². The molecule has 1 aliphatic heterocycles. The molecule has 0 saturated carbocycles. The first-order valence-corrected chi connectivity index (χ1v) is 15.9. The summed E-state index contributed by atoms with van der Waals surface area (Å²) >= 11 is 1.96. The van der Waals surface area contributed by atoms with Gasteiger partial charge in [0.2, 0.25) is 0 Å². The molecule has 0 amide bonds. The highest BCUT2D eigenvalue weighted by atomic mass is 32.2. The number of fused-ring (bicyclic) bond motifs is 1. The molecule has 2 unspecified atom stereocenters. The molecule has 0 N–H and O–H groups in total. The van der Waals surface area contributed by atoms with E-state index in [1.165, 1.54) is 87.0 Å². The van der Waals surface area contributed by atoms with Crippen molar-refractivity contribution < 1.29 is 0 Å². The van der Waals surface area contributed by atoms with Gasteiger partial charge in [-0.15, -0.1) is 0 Å². The minimum absolute atomic E-state index is 0.270. The molecular weight excluding hydrogens is 454 g/mol. The second-order valence-corrected chi connectivity index (χ2v) is 13.9. The second kappa shape index (κ2) is 13.1. The Labute approximate surface area is 228 Å². The molecule has 3 rings (SSSR count). The van der Waals surface area contributed by atoms with Gasteiger partial charge in [0.05, 0.1) is 5.03 Å². The number of thioether (sulfide) groups is 1. The van der Waals surface area contributed by atoms with Gasteiger partial charge in [0.1, 0.15) is 0 Å². The first-order valence-electron chi connectivity index (χ1n) is 15.1. The van der Waals surface area contributed by atoms with Crippen molar-refractivity contribution in [1.29, 1.82) is 0 Å². The SMILES string of the molecule is CCCC(CC)CCC(C)CCN(CCC)C1=CCC(c2ccc3c(c2)C(C)(C)CCC3(C)C)=CS1. The van der Waals surface area contributed by atoms with Gasteiger partial charge in [0.15, 0.2) is 0 Å². The molecule has 36 heavy (non-hydrogen) atoms. The summed E-state index contributed by atoms with van der Waals surface area (Å²) in [5, 5.41) is 3.92. The zero-order valence-corrected chi connectivity index (χ0v) is 25.7. The van der Waals surface area contributed by atoms with Gasteiger partial charge < -0.3 is 4.90 Å². The standard InChI is InChI=1S/C34H55NS/c1-9-12-27(11-3)14-13-26(4)19-23-35(22-10-2)32-18-16-29(25-36-32)28-15-17-30-31(24-28)34(7,8)21-20-33(30,5)6/h15,17-18,24-27H,9-14,16,19-23H2,1-8H3. The Kier molecular flexibility index (Phi) is 10.7. The lowest BCUT2D eigenvalue weighted by molar-refractivity contribution is 0.307. The van der Waals surface area contributed by atoms with E-state index in [-0.39, 0.29) is 10.8 Å². The van der Waals surface area contributed by atoms with Gasteiger partial charge in [0.25, 0.3) is 0 Å². The molecule has 0 spiro atoms. The van der Waals surface area contributed by atoms with Crippen LogP contribution in [0.2, 0.25) is 0 Å². The Morgan fingerprint density at radius 1 is 0.861 bits per heavy atom. The lowest BCUT2D eigenvalue weighted by Gasteiger charge is -2.42. The lowest BCUT2D eigenvalue weighted by Crippen LogP contribution is -2.33. The number of benzene rings is 1. The van der Waals surface area contributed by atoms with Crippen LogP contribution in [0, 0.1) is 11.8 Å². The summed E-state index contributed by atoms with van der Waals surface area (Å²) in [4.78, 5) is 2.66. The van der Waals surface area contributed by atoms with Crippen molar-refractivity contribution in [2.24, 2.45) is 11.8 Å². The highest BCUT2D eigenvalue weighted by Gasteiger charge is 2.37. The van der Waals surface area contributed by atoms with E-state index in [4.69, 9.17) is 0 Å². The monoisotopic (exact) mass is 509 g/mol. The Hall–Kier alpha value is -1.15. The minimum atomic E-state index is 0.270. The predicted octanol–water partition coefficient (Wildman–Crippen LogP) is 10.7. The van der Waals surface area contributed by atoms with Crippen LogP contribution in [0.5, 0.6) is 0 Å². The molecule has 1 nitrogen and oxygen atoms in total. The topological polar surface area (TPSA) is 3.24 Å². The number of hydrogen-bond acceptors (Lipinski definition) is 2. The van der Waals surface area contributed by atoms with Gasteiger partial charge in [0, 0.05) is 13.1 Å². The van der Waals surface area contributed by atoms with Crippen molar-refractivity contribution in [3.63, 3.8) is 0 Å². The summed E-state index contributed by atoms with van der Waals surface area (Å²) in [7, 11) is 0. The smallest absolute Gasteiger partial charge is 0.0712 e. The predicted molar refractivity (Wildman–Crippen MR) is 164 cm³/mol. The van der Waals surface area contributed by atoms with Crippen molar-refractivity contribution in [2.45, 2.75) is 130 Å². The van der Waals surface area contributed by atoms with Crippen LogP contribution in [0.4, 0.5) is 0 Å². The fourth-order valence-corrected chi connectivity index (χ4v) is 7.21. The third-order valence-corrected chi connectivity index (χ3v) is 10.1. The fourth-order valence-electron chi connectivity index (χ4n) is 6.21. The minimum Gasteiger partial charge on any atom is -0.366 e. The molecule has 1 aromatic carbocycles. The number of rotatable bonds is 13. The molecule has 0 radical (unpaired) electrons. The summed E-state index contributed by atoms with van der Waals surface area (Å²) in [6, 6.07) is 7.35.